The molecule has 0 aliphatic rings. The van der Waals surface area contributed by atoms with Crippen molar-refractivity contribution >= 4 is 49.0 Å². The molecule has 4 heteroatoms. The summed E-state index contributed by atoms with van der Waals surface area (Å²) in [6, 6.07) is 28.0. The van der Waals surface area contributed by atoms with Crippen molar-refractivity contribution in [2.24, 2.45) is 0 Å². The van der Waals surface area contributed by atoms with E-state index in [1.807, 2.05) is 36.4 Å². The number of nitrogens with one attached hydrogen (secondary N) is 1. The maximum Gasteiger partial charge on any atom is 0.293 e. The number of rotatable bonds is 1. The number of nitro groups is 1. The van der Waals surface area contributed by atoms with E-state index in [1.165, 1.54) is 0 Å². The summed E-state index contributed by atoms with van der Waals surface area (Å²) in [6.45, 7) is 6.49. The van der Waals surface area contributed by atoms with Gasteiger partial charge in [-0.15, -0.1) is 0 Å². The summed E-state index contributed by atoms with van der Waals surface area (Å²) in [4.78, 5) is 15.3. The largest absolute Gasteiger partial charge is 0.349 e. The molecule has 0 fully saturated rings. The number of nitrogens with zero attached hydrogens (tertiary/aromatic N) is 1. The molecule has 0 unspecified atom stereocenters. The zero-order chi connectivity index (χ0) is 22.5. The number of para-hydroxylation sites is 2. The fourth-order valence-electron chi connectivity index (χ4n) is 4.62. The van der Waals surface area contributed by atoms with Gasteiger partial charge in [-0.2, -0.15) is 0 Å². The maximum absolute atomic E-state index is 12.0. The topological polar surface area (TPSA) is 58.9 Å². The predicted octanol–water partition coefficient (Wildman–Crippen LogP) is 7.96. The highest BCUT2D eigenvalue weighted by Gasteiger charge is 2.19. The van der Waals surface area contributed by atoms with Crippen LogP contribution in [0.15, 0.2) is 84.9 Å². The van der Waals surface area contributed by atoms with Gasteiger partial charge in [0.25, 0.3) is 5.69 Å². The van der Waals surface area contributed by atoms with E-state index in [-0.39, 0.29) is 16.0 Å². The lowest BCUT2D eigenvalue weighted by Crippen LogP contribution is -2.12. The Morgan fingerprint density at radius 2 is 1.06 bits per heavy atom. The molecular weight excluding hydrogens is 396 g/mol. The number of fused-ring (bicyclic) bond motifs is 7. The highest BCUT2D eigenvalue weighted by Crippen LogP contribution is 2.36. The van der Waals surface area contributed by atoms with Gasteiger partial charge in [-0.3, -0.25) is 10.1 Å². The van der Waals surface area contributed by atoms with Crippen LogP contribution in [0.3, 0.4) is 0 Å². The Labute approximate surface area is 186 Å². The Morgan fingerprint density at radius 3 is 1.56 bits per heavy atom. The van der Waals surface area contributed by atoms with Crippen molar-refractivity contribution in [3.8, 4) is 0 Å². The van der Waals surface area contributed by atoms with Crippen molar-refractivity contribution < 1.29 is 4.92 Å². The highest BCUT2D eigenvalue weighted by atomic mass is 16.6. The first-order valence-electron chi connectivity index (χ1n) is 10.7. The second-order valence-electron chi connectivity index (χ2n) is 9.15. The summed E-state index contributed by atoms with van der Waals surface area (Å²) < 4.78 is 0. The average molecular weight is 421 g/mol. The molecule has 1 aromatic heterocycles. The van der Waals surface area contributed by atoms with Gasteiger partial charge in [0.05, 0.1) is 10.4 Å². The molecule has 4 nitrogen and oxygen atoms in total. The van der Waals surface area contributed by atoms with E-state index in [4.69, 9.17) is 0 Å². The van der Waals surface area contributed by atoms with Crippen LogP contribution in [0, 0.1) is 10.1 Å². The minimum absolute atomic E-state index is 0.0675. The Bertz CT molecular complexity index is 1590. The lowest BCUT2D eigenvalue weighted by Gasteiger charge is -2.21. The molecule has 158 valence electrons. The molecule has 5 aromatic rings. The van der Waals surface area contributed by atoms with Gasteiger partial charge in [0.2, 0.25) is 0 Å². The van der Waals surface area contributed by atoms with Gasteiger partial charge in [0.1, 0.15) is 5.52 Å². The standard InChI is InChI=1S/C28H24N2O2/c1-28(2,3)24-16-8-14-22-20-12-6-4-10-18(20)19-11-5-7-13-21(19)23-15-9-17-25(30(31)32)27(23)29-26(22)24/h4-17,29H,1-3H3. The SMILES string of the molecule is CC(C)(C)c1cccc2c1[nH]c1c([N+](=O)[O-])cccc1c1ccccc1c1ccccc21. The molecule has 0 spiro atoms. The molecule has 0 aliphatic heterocycles. The minimum atomic E-state index is -0.307. The van der Waals surface area contributed by atoms with Crippen LogP contribution in [0.2, 0.25) is 0 Å². The summed E-state index contributed by atoms with van der Waals surface area (Å²) in [5.74, 6) is 0. The van der Waals surface area contributed by atoms with Crippen LogP contribution < -0.4 is 0 Å². The molecule has 0 atom stereocenters. The van der Waals surface area contributed by atoms with Gasteiger partial charge in [-0.25, -0.2) is 0 Å². The van der Waals surface area contributed by atoms with Crippen LogP contribution in [-0.4, -0.2) is 9.91 Å². The summed E-state index contributed by atoms with van der Waals surface area (Å²) in [6.07, 6.45) is 0. The Hall–Kier alpha value is -3.92. The van der Waals surface area contributed by atoms with Crippen LogP contribution in [0.4, 0.5) is 5.69 Å². The monoisotopic (exact) mass is 420 g/mol. The molecule has 1 heterocycles. The number of hydrogen-bond acceptors (Lipinski definition) is 2. The zero-order valence-electron chi connectivity index (χ0n) is 18.3. The lowest BCUT2D eigenvalue weighted by atomic mass is 9.85. The van der Waals surface area contributed by atoms with Crippen molar-refractivity contribution in [3.05, 3.63) is 101 Å². The molecule has 0 saturated carbocycles. The third kappa shape index (κ3) is 3.16. The second kappa shape index (κ2) is 7.34. The molecule has 0 saturated heterocycles. The molecule has 32 heavy (non-hydrogen) atoms. The first-order chi connectivity index (χ1) is 15.4. The van der Waals surface area contributed by atoms with Crippen molar-refractivity contribution in [1.82, 2.24) is 4.98 Å². The van der Waals surface area contributed by atoms with Gasteiger partial charge >= 0.3 is 0 Å². The number of H-pyrrole nitrogens is 1. The normalized spacial score (nSPS) is 11.8. The summed E-state index contributed by atoms with van der Waals surface area (Å²) in [7, 11) is 0. The maximum atomic E-state index is 12.0. The number of benzene rings is 4. The summed E-state index contributed by atoms with van der Waals surface area (Å²) in [5.41, 5.74) is 2.46. The van der Waals surface area contributed by atoms with Crippen LogP contribution in [0.25, 0.3) is 43.4 Å². The third-order valence-corrected chi connectivity index (χ3v) is 6.09. The number of aromatic amines is 1. The molecule has 0 bridgehead atoms. The third-order valence-electron chi connectivity index (χ3n) is 6.09. The Kier molecular flexibility index (Phi) is 4.59. The van der Waals surface area contributed by atoms with Crippen LogP contribution in [-0.2, 0) is 5.41 Å². The zero-order valence-corrected chi connectivity index (χ0v) is 18.3. The Balaban J connectivity index is 2.27. The van der Waals surface area contributed by atoms with E-state index >= 15 is 0 Å². The quantitative estimate of drug-likeness (QED) is 0.221. The molecule has 0 aliphatic carbocycles. The first kappa shape index (κ1) is 20.0. The van der Waals surface area contributed by atoms with E-state index in [0.717, 1.165) is 43.4 Å². The smallest absolute Gasteiger partial charge is 0.293 e. The van der Waals surface area contributed by atoms with Crippen molar-refractivity contribution in [3.63, 3.8) is 0 Å². The summed E-state index contributed by atoms with van der Waals surface area (Å²) in [5, 5.41) is 18.1. The number of non-ortho nitro benzene ring substituents is 1. The summed E-state index contributed by atoms with van der Waals surface area (Å²) >= 11 is 0. The molecule has 5 rings (SSSR count). The van der Waals surface area contributed by atoms with Gasteiger partial charge in [0.15, 0.2) is 0 Å². The van der Waals surface area contributed by atoms with Crippen molar-refractivity contribution in [1.29, 1.82) is 0 Å². The number of hydrogen-bond donors (Lipinski definition) is 1. The van der Waals surface area contributed by atoms with Gasteiger partial charge < -0.3 is 4.98 Å². The molecule has 0 amide bonds. The van der Waals surface area contributed by atoms with Crippen LogP contribution in [0.1, 0.15) is 26.3 Å². The average Bonchev–Trinajstić information content (AvgIpc) is 2.83. The van der Waals surface area contributed by atoms with E-state index in [0.29, 0.717) is 5.52 Å². The lowest BCUT2D eigenvalue weighted by molar-refractivity contribution is -0.383. The highest BCUT2D eigenvalue weighted by molar-refractivity contribution is 6.19. The van der Waals surface area contributed by atoms with Gasteiger partial charge in [-0.1, -0.05) is 99.6 Å². The molecule has 1 N–H and O–H groups in total. The number of nitro benzene ring substituents is 1. The molecule has 0 radical (unpaired) electrons. The van der Waals surface area contributed by atoms with Gasteiger partial charge in [-0.05, 0) is 32.5 Å². The molecular formula is C28H24N2O2. The van der Waals surface area contributed by atoms with E-state index in [9.17, 15) is 10.1 Å². The second-order valence-corrected chi connectivity index (χ2v) is 9.15. The fourth-order valence-corrected chi connectivity index (χ4v) is 4.62. The fraction of sp³-hybridized carbons (Fsp3) is 0.143. The van der Waals surface area contributed by atoms with Crippen molar-refractivity contribution in [2.75, 3.05) is 0 Å². The van der Waals surface area contributed by atoms with Crippen molar-refractivity contribution in [2.45, 2.75) is 26.2 Å². The van der Waals surface area contributed by atoms with Crippen LogP contribution in [0.5, 0.6) is 0 Å². The molecule has 4 aromatic carbocycles. The first-order valence-corrected chi connectivity index (χ1v) is 10.7. The minimum Gasteiger partial charge on any atom is -0.349 e. The van der Waals surface area contributed by atoms with E-state index in [1.54, 1.807) is 12.1 Å². The van der Waals surface area contributed by atoms with E-state index in [2.05, 4.69) is 62.2 Å². The van der Waals surface area contributed by atoms with Crippen LogP contribution >= 0.6 is 0 Å². The number of aromatic nitrogens is 1. The van der Waals surface area contributed by atoms with E-state index < -0.39 is 0 Å². The van der Waals surface area contributed by atoms with Gasteiger partial charge in [0, 0.05) is 16.8 Å². The Morgan fingerprint density at radius 1 is 0.625 bits per heavy atom. The predicted molar refractivity (Wildman–Crippen MR) is 134 cm³/mol.